The predicted octanol–water partition coefficient (Wildman–Crippen LogP) is 1.70. The molecule has 0 radical (unpaired) electrons. The van der Waals surface area contributed by atoms with Crippen molar-refractivity contribution >= 4 is 16.0 Å². The summed E-state index contributed by atoms with van der Waals surface area (Å²) in [6, 6.07) is 13.7. The number of benzene rings is 2. The third-order valence-corrected chi connectivity index (χ3v) is 5.06. The topological polar surface area (TPSA) is 90.9 Å². The van der Waals surface area contributed by atoms with E-state index in [1.54, 1.807) is 13.2 Å². The van der Waals surface area contributed by atoms with Gasteiger partial charge < -0.3 is 14.2 Å². The van der Waals surface area contributed by atoms with Crippen molar-refractivity contribution in [2.75, 3.05) is 20.0 Å². The molecule has 1 N–H and O–H groups in total. The Balaban J connectivity index is 1.71. The minimum absolute atomic E-state index is 0.177. The molecule has 150 valence electrons. The van der Waals surface area contributed by atoms with E-state index in [0.717, 1.165) is 17.4 Å². The molecule has 2 atom stereocenters. The molecule has 0 saturated carbocycles. The van der Waals surface area contributed by atoms with E-state index in [2.05, 4.69) is 4.72 Å². The van der Waals surface area contributed by atoms with Gasteiger partial charge in [-0.2, -0.15) is 0 Å². The van der Waals surface area contributed by atoms with E-state index in [1.165, 1.54) is 0 Å². The van der Waals surface area contributed by atoms with Gasteiger partial charge in [0.15, 0.2) is 11.5 Å². The number of carbonyl (C=O) groups excluding carboxylic acids is 1. The molecular formula is C20H23NO6S. The molecule has 8 heteroatoms. The molecule has 0 bridgehead atoms. The number of hydrogen-bond acceptors (Lipinski definition) is 6. The summed E-state index contributed by atoms with van der Waals surface area (Å²) in [6.07, 6.45) is 1.18. The Labute approximate surface area is 164 Å². The van der Waals surface area contributed by atoms with Crippen molar-refractivity contribution < 1.29 is 27.4 Å². The number of fused-ring (bicyclic) bond motifs is 1. The van der Waals surface area contributed by atoms with Gasteiger partial charge in [0.1, 0.15) is 18.8 Å². The third-order valence-electron chi connectivity index (χ3n) is 4.35. The standard InChI is InChI=1S/C20H23NO6S/c1-25-18-10-6-9-15-12-16(13-26-19(15)18)27-20(22)17(21-28(2,23)24)11-14-7-4-3-5-8-14/h3-10,16-17,21H,11-13H2,1-2H3/t16-,17+/m1/s1. The highest BCUT2D eigenvalue weighted by Crippen LogP contribution is 2.35. The van der Waals surface area contributed by atoms with Gasteiger partial charge in [-0.05, 0) is 18.1 Å². The molecule has 2 aromatic carbocycles. The molecule has 28 heavy (non-hydrogen) atoms. The van der Waals surface area contributed by atoms with Crippen molar-refractivity contribution in [2.45, 2.75) is 25.0 Å². The number of para-hydroxylation sites is 1. The van der Waals surface area contributed by atoms with Gasteiger partial charge in [0.05, 0.1) is 13.4 Å². The first-order chi connectivity index (χ1) is 13.4. The van der Waals surface area contributed by atoms with Gasteiger partial charge in [0.25, 0.3) is 0 Å². The summed E-state index contributed by atoms with van der Waals surface area (Å²) >= 11 is 0. The summed E-state index contributed by atoms with van der Waals surface area (Å²) in [6.45, 7) is 0.177. The maximum atomic E-state index is 12.7. The fraction of sp³-hybridized carbons (Fsp3) is 0.350. The fourth-order valence-corrected chi connectivity index (χ4v) is 3.83. The number of sulfonamides is 1. The maximum absolute atomic E-state index is 12.7. The zero-order valence-electron chi connectivity index (χ0n) is 15.8. The second-order valence-electron chi connectivity index (χ2n) is 6.65. The molecule has 0 saturated heterocycles. The minimum atomic E-state index is -3.59. The molecule has 1 aliphatic rings. The van der Waals surface area contributed by atoms with Crippen LogP contribution in [0.5, 0.6) is 11.5 Å². The van der Waals surface area contributed by atoms with Gasteiger partial charge in [0.2, 0.25) is 10.0 Å². The Bertz CT molecular complexity index is 929. The van der Waals surface area contributed by atoms with Crippen LogP contribution in [0.4, 0.5) is 0 Å². The van der Waals surface area contributed by atoms with Crippen LogP contribution >= 0.6 is 0 Å². The lowest BCUT2D eigenvalue weighted by atomic mass is 10.0. The predicted molar refractivity (Wildman–Crippen MR) is 104 cm³/mol. The third kappa shape index (κ3) is 5.24. The SMILES string of the molecule is COc1cccc2c1OC[C@H](OC(=O)[C@H](Cc1ccccc1)NS(C)(=O)=O)C2. The molecule has 0 unspecified atom stereocenters. The maximum Gasteiger partial charge on any atom is 0.324 e. The summed E-state index contributed by atoms with van der Waals surface area (Å²) in [5, 5.41) is 0. The lowest BCUT2D eigenvalue weighted by molar-refractivity contribution is -0.153. The molecule has 3 rings (SSSR count). The Kier molecular flexibility index (Phi) is 6.21. The number of hydrogen-bond donors (Lipinski definition) is 1. The zero-order chi connectivity index (χ0) is 20.1. The quantitative estimate of drug-likeness (QED) is 0.705. The van der Waals surface area contributed by atoms with E-state index in [9.17, 15) is 13.2 Å². The lowest BCUT2D eigenvalue weighted by Crippen LogP contribution is -2.45. The first-order valence-electron chi connectivity index (χ1n) is 8.86. The highest BCUT2D eigenvalue weighted by molar-refractivity contribution is 7.88. The summed E-state index contributed by atoms with van der Waals surface area (Å²) in [4.78, 5) is 12.7. The Morgan fingerprint density at radius 1 is 1.21 bits per heavy atom. The molecule has 0 fully saturated rings. The van der Waals surface area contributed by atoms with Gasteiger partial charge >= 0.3 is 5.97 Å². The number of carbonyl (C=O) groups is 1. The van der Waals surface area contributed by atoms with Crippen LogP contribution in [0, 0.1) is 0 Å². The van der Waals surface area contributed by atoms with Crippen LogP contribution in [0.25, 0.3) is 0 Å². The van der Waals surface area contributed by atoms with Gasteiger partial charge in [0, 0.05) is 12.0 Å². The van der Waals surface area contributed by atoms with E-state index in [-0.39, 0.29) is 13.0 Å². The van der Waals surface area contributed by atoms with Crippen molar-refractivity contribution in [3.63, 3.8) is 0 Å². The number of methoxy groups -OCH3 is 1. The van der Waals surface area contributed by atoms with Crippen LogP contribution in [0.2, 0.25) is 0 Å². The van der Waals surface area contributed by atoms with Crippen molar-refractivity contribution in [1.29, 1.82) is 0 Å². The Morgan fingerprint density at radius 3 is 2.64 bits per heavy atom. The van der Waals surface area contributed by atoms with Crippen molar-refractivity contribution in [2.24, 2.45) is 0 Å². The van der Waals surface area contributed by atoms with Crippen LogP contribution in [-0.2, 0) is 32.4 Å². The normalized spacial score (nSPS) is 17.1. The number of ether oxygens (including phenoxy) is 3. The largest absolute Gasteiger partial charge is 0.493 e. The van der Waals surface area contributed by atoms with Gasteiger partial charge in [-0.1, -0.05) is 42.5 Å². The van der Waals surface area contributed by atoms with E-state index >= 15 is 0 Å². The number of esters is 1. The highest BCUT2D eigenvalue weighted by atomic mass is 32.2. The molecular weight excluding hydrogens is 382 g/mol. The molecule has 1 aliphatic heterocycles. The average Bonchev–Trinajstić information content (AvgIpc) is 2.66. The van der Waals surface area contributed by atoms with Gasteiger partial charge in [-0.15, -0.1) is 0 Å². The Morgan fingerprint density at radius 2 is 1.96 bits per heavy atom. The molecule has 1 heterocycles. The van der Waals surface area contributed by atoms with Crippen LogP contribution in [0.15, 0.2) is 48.5 Å². The molecule has 0 aliphatic carbocycles. The van der Waals surface area contributed by atoms with E-state index in [1.807, 2.05) is 42.5 Å². The minimum Gasteiger partial charge on any atom is -0.493 e. The zero-order valence-corrected chi connectivity index (χ0v) is 16.6. The lowest BCUT2D eigenvalue weighted by Gasteiger charge is -2.27. The first-order valence-corrected chi connectivity index (χ1v) is 10.8. The molecule has 2 aromatic rings. The monoisotopic (exact) mass is 405 g/mol. The van der Waals surface area contributed by atoms with Crippen LogP contribution in [0.3, 0.4) is 0 Å². The van der Waals surface area contributed by atoms with Crippen molar-refractivity contribution in [3.05, 3.63) is 59.7 Å². The van der Waals surface area contributed by atoms with Crippen molar-refractivity contribution in [1.82, 2.24) is 4.72 Å². The highest BCUT2D eigenvalue weighted by Gasteiger charge is 2.30. The van der Waals surface area contributed by atoms with Gasteiger partial charge in [-0.25, -0.2) is 13.1 Å². The van der Waals surface area contributed by atoms with E-state index in [4.69, 9.17) is 14.2 Å². The van der Waals surface area contributed by atoms with E-state index in [0.29, 0.717) is 17.9 Å². The smallest absolute Gasteiger partial charge is 0.324 e. The van der Waals surface area contributed by atoms with Gasteiger partial charge in [-0.3, -0.25) is 4.79 Å². The summed E-state index contributed by atoms with van der Waals surface area (Å²) in [5.41, 5.74) is 1.70. The first kappa shape index (κ1) is 20.2. The summed E-state index contributed by atoms with van der Waals surface area (Å²) in [7, 11) is -2.02. The number of nitrogens with one attached hydrogen (secondary N) is 1. The molecule has 0 aromatic heterocycles. The fourth-order valence-electron chi connectivity index (χ4n) is 3.13. The van der Waals surface area contributed by atoms with Crippen LogP contribution < -0.4 is 14.2 Å². The van der Waals surface area contributed by atoms with E-state index < -0.39 is 28.1 Å². The second-order valence-corrected chi connectivity index (χ2v) is 8.43. The Hall–Kier alpha value is -2.58. The molecule has 0 amide bonds. The number of rotatable bonds is 7. The second kappa shape index (κ2) is 8.62. The average molecular weight is 405 g/mol. The molecule has 0 spiro atoms. The van der Waals surface area contributed by atoms with Crippen molar-refractivity contribution in [3.8, 4) is 11.5 Å². The summed E-state index contributed by atoms with van der Waals surface area (Å²) < 4.78 is 42.3. The molecule has 7 nitrogen and oxygen atoms in total. The van der Waals surface area contributed by atoms with Crippen LogP contribution in [0.1, 0.15) is 11.1 Å². The summed E-state index contributed by atoms with van der Waals surface area (Å²) in [5.74, 6) is 0.643. The van der Waals surface area contributed by atoms with Crippen LogP contribution in [-0.4, -0.2) is 46.5 Å².